The molecule has 1 fully saturated rings. The zero-order valence-electron chi connectivity index (χ0n) is 11.6. The van der Waals surface area contributed by atoms with Crippen LogP contribution in [0.25, 0.3) is 0 Å². The lowest BCUT2D eigenvalue weighted by atomic mass is 9.82. The van der Waals surface area contributed by atoms with Crippen molar-refractivity contribution in [3.8, 4) is 0 Å². The molecule has 7 nitrogen and oxygen atoms in total. The van der Waals surface area contributed by atoms with E-state index in [0.29, 0.717) is 13.1 Å². The number of pyridine rings is 1. The molecule has 2 heterocycles. The lowest BCUT2D eigenvalue weighted by molar-refractivity contribution is -0.385. The highest BCUT2D eigenvalue weighted by atomic mass is 16.6. The van der Waals surface area contributed by atoms with Crippen molar-refractivity contribution in [2.75, 3.05) is 18.8 Å². The fourth-order valence-electron chi connectivity index (χ4n) is 2.27. The summed E-state index contributed by atoms with van der Waals surface area (Å²) >= 11 is 0. The van der Waals surface area contributed by atoms with Crippen molar-refractivity contribution >= 4 is 17.4 Å². The van der Waals surface area contributed by atoms with Crippen LogP contribution in [-0.4, -0.2) is 33.8 Å². The lowest BCUT2D eigenvalue weighted by Crippen LogP contribution is -2.41. The molecule has 1 aliphatic rings. The molecule has 0 saturated carbocycles. The summed E-state index contributed by atoms with van der Waals surface area (Å²) in [7, 11) is 0. The van der Waals surface area contributed by atoms with Gasteiger partial charge in [0.1, 0.15) is 17.6 Å². The van der Waals surface area contributed by atoms with Gasteiger partial charge in [0.25, 0.3) is 11.6 Å². The Morgan fingerprint density at radius 1 is 1.45 bits per heavy atom. The van der Waals surface area contributed by atoms with E-state index in [1.807, 2.05) is 0 Å². The van der Waals surface area contributed by atoms with Crippen LogP contribution in [0.4, 0.5) is 11.5 Å². The molecule has 1 saturated heterocycles. The van der Waals surface area contributed by atoms with Crippen molar-refractivity contribution < 1.29 is 9.72 Å². The van der Waals surface area contributed by atoms with Crippen molar-refractivity contribution in [1.82, 2.24) is 9.88 Å². The molecule has 108 valence electrons. The zero-order chi connectivity index (χ0) is 14.9. The van der Waals surface area contributed by atoms with Gasteiger partial charge in [0.15, 0.2) is 0 Å². The summed E-state index contributed by atoms with van der Waals surface area (Å²) in [5, 5.41) is 11.0. The van der Waals surface area contributed by atoms with Gasteiger partial charge in [0, 0.05) is 13.1 Å². The summed E-state index contributed by atoms with van der Waals surface area (Å²) in [6.45, 7) is 5.51. The highest BCUT2D eigenvalue weighted by Crippen LogP contribution is 2.31. The van der Waals surface area contributed by atoms with Crippen LogP contribution in [0.3, 0.4) is 0 Å². The van der Waals surface area contributed by atoms with Crippen LogP contribution in [0, 0.1) is 15.5 Å². The quantitative estimate of drug-likeness (QED) is 0.656. The number of piperidine rings is 1. The Morgan fingerprint density at radius 2 is 2.05 bits per heavy atom. The number of anilines is 1. The second-order valence-corrected chi connectivity index (χ2v) is 5.84. The van der Waals surface area contributed by atoms with Gasteiger partial charge in [-0.2, -0.15) is 0 Å². The molecule has 0 aromatic carbocycles. The van der Waals surface area contributed by atoms with Crippen LogP contribution >= 0.6 is 0 Å². The smallest absolute Gasteiger partial charge is 0.300 e. The van der Waals surface area contributed by atoms with Crippen LogP contribution in [0.15, 0.2) is 12.3 Å². The molecule has 7 heteroatoms. The monoisotopic (exact) mass is 278 g/mol. The molecule has 0 spiro atoms. The minimum absolute atomic E-state index is 0.0159. The summed E-state index contributed by atoms with van der Waals surface area (Å²) in [6.07, 6.45) is 2.80. The third kappa shape index (κ3) is 2.87. The minimum Gasteiger partial charge on any atom is -0.384 e. The normalized spacial score (nSPS) is 17.8. The largest absolute Gasteiger partial charge is 0.384 e. The molecule has 1 aromatic heterocycles. The maximum absolute atomic E-state index is 12.4. The summed E-state index contributed by atoms with van der Waals surface area (Å²) in [6, 6.07) is 1.28. The van der Waals surface area contributed by atoms with Gasteiger partial charge in [0.2, 0.25) is 0 Å². The molecule has 20 heavy (non-hydrogen) atoms. The van der Waals surface area contributed by atoms with Gasteiger partial charge in [-0.05, 0) is 24.3 Å². The number of nitrogens with zero attached hydrogens (tertiary/aromatic N) is 3. The van der Waals surface area contributed by atoms with Crippen molar-refractivity contribution in [2.45, 2.75) is 26.7 Å². The number of hydrogen-bond donors (Lipinski definition) is 1. The number of hydrogen-bond acceptors (Lipinski definition) is 5. The van der Waals surface area contributed by atoms with E-state index in [1.54, 1.807) is 4.90 Å². The van der Waals surface area contributed by atoms with Gasteiger partial charge in [-0.15, -0.1) is 0 Å². The van der Waals surface area contributed by atoms with Crippen molar-refractivity contribution in [2.24, 2.45) is 5.41 Å². The molecule has 1 amide bonds. The number of likely N-dealkylation sites (tertiary alicyclic amines) is 1. The van der Waals surface area contributed by atoms with Crippen LogP contribution in [0.1, 0.15) is 37.0 Å². The number of nitro groups is 1. The molecule has 0 aliphatic carbocycles. The highest BCUT2D eigenvalue weighted by molar-refractivity contribution is 5.98. The third-order valence-corrected chi connectivity index (χ3v) is 3.74. The number of aromatic nitrogens is 1. The average Bonchev–Trinajstić information content (AvgIpc) is 2.37. The molecule has 1 aromatic rings. The molecule has 2 N–H and O–H groups in total. The number of carbonyl (C=O) groups excluding carboxylic acids is 1. The predicted molar refractivity (Wildman–Crippen MR) is 74.2 cm³/mol. The van der Waals surface area contributed by atoms with Gasteiger partial charge in [-0.25, -0.2) is 4.98 Å². The Balaban J connectivity index is 2.25. The van der Waals surface area contributed by atoms with Crippen LogP contribution in [0.2, 0.25) is 0 Å². The Hall–Kier alpha value is -2.18. The van der Waals surface area contributed by atoms with E-state index in [1.165, 1.54) is 6.07 Å². The summed E-state index contributed by atoms with van der Waals surface area (Å²) in [5.74, 6) is -0.238. The van der Waals surface area contributed by atoms with Gasteiger partial charge in [-0.1, -0.05) is 13.8 Å². The molecule has 1 aliphatic heterocycles. The molecule has 2 rings (SSSR count). The predicted octanol–water partition coefficient (Wildman–Crippen LogP) is 1.83. The van der Waals surface area contributed by atoms with Crippen LogP contribution in [0.5, 0.6) is 0 Å². The van der Waals surface area contributed by atoms with E-state index in [2.05, 4.69) is 18.8 Å². The summed E-state index contributed by atoms with van der Waals surface area (Å²) in [5.41, 5.74) is 5.46. The maximum Gasteiger partial charge on any atom is 0.300 e. The van der Waals surface area contributed by atoms with Crippen LogP contribution in [-0.2, 0) is 0 Å². The van der Waals surface area contributed by atoms with Crippen LogP contribution < -0.4 is 5.73 Å². The Morgan fingerprint density at radius 3 is 2.60 bits per heavy atom. The first-order chi connectivity index (χ1) is 9.30. The zero-order valence-corrected chi connectivity index (χ0v) is 11.6. The number of rotatable bonds is 2. The average molecular weight is 278 g/mol. The van der Waals surface area contributed by atoms with Gasteiger partial charge in [-0.3, -0.25) is 14.9 Å². The SMILES string of the molecule is CC1(C)CCN(C(=O)c2cc(N)ncc2[N+](=O)[O-])CC1. The standard InChI is InChI=1S/C13H18N4O3/c1-13(2)3-5-16(6-4-13)12(18)9-7-11(14)15-8-10(9)17(19)20/h7-8H,3-6H2,1-2H3,(H2,14,15). The molecular weight excluding hydrogens is 260 g/mol. The first kappa shape index (κ1) is 14.2. The van der Waals surface area contributed by atoms with E-state index in [4.69, 9.17) is 5.73 Å². The third-order valence-electron chi connectivity index (χ3n) is 3.74. The Bertz CT molecular complexity index is 547. The Kier molecular flexibility index (Phi) is 3.61. The number of nitrogen functional groups attached to an aromatic ring is 1. The number of amides is 1. The molecule has 0 unspecified atom stereocenters. The van der Waals surface area contributed by atoms with E-state index >= 15 is 0 Å². The first-order valence-electron chi connectivity index (χ1n) is 6.49. The molecule has 0 bridgehead atoms. The van der Waals surface area contributed by atoms with E-state index < -0.39 is 4.92 Å². The van der Waals surface area contributed by atoms with Crippen molar-refractivity contribution in [1.29, 1.82) is 0 Å². The van der Waals surface area contributed by atoms with Crippen molar-refractivity contribution in [3.63, 3.8) is 0 Å². The van der Waals surface area contributed by atoms with Crippen molar-refractivity contribution in [3.05, 3.63) is 27.9 Å². The van der Waals surface area contributed by atoms with E-state index in [-0.39, 0.29) is 28.4 Å². The highest BCUT2D eigenvalue weighted by Gasteiger charge is 2.31. The molecular formula is C13H18N4O3. The fraction of sp³-hybridized carbons (Fsp3) is 0.538. The topological polar surface area (TPSA) is 102 Å². The fourth-order valence-corrected chi connectivity index (χ4v) is 2.27. The second kappa shape index (κ2) is 5.07. The van der Waals surface area contributed by atoms with Gasteiger partial charge < -0.3 is 10.6 Å². The minimum atomic E-state index is -0.604. The number of carbonyl (C=O) groups is 1. The molecule has 0 radical (unpaired) electrons. The number of nitrogens with two attached hydrogens (primary N) is 1. The lowest BCUT2D eigenvalue weighted by Gasteiger charge is -2.36. The maximum atomic E-state index is 12.4. The Labute approximate surface area is 116 Å². The summed E-state index contributed by atoms with van der Waals surface area (Å²) < 4.78 is 0. The first-order valence-corrected chi connectivity index (χ1v) is 6.49. The second-order valence-electron chi connectivity index (χ2n) is 5.84. The molecule has 0 atom stereocenters. The van der Waals surface area contributed by atoms with Gasteiger partial charge in [0.05, 0.1) is 4.92 Å². The van der Waals surface area contributed by atoms with Gasteiger partial charge >= 0.3 is 0 Å². The van der Waals surface area contributed by atoms with E-state index in [0.717, 1.165) is 19.0 Å². The van der Waals surface area contributed by atoms with E-state index in [9.17, 15) is 14.9 Å². The summed E-state index contributed by atoms with van der Waals surface area (Å²) in [4.78, 5) is 28.1.